The van der Waals surface area contributed by atoms with Gasteiger partial charge in [-0.25, -0.2) is 4.39 Å². The van der Waals surface area contributed by atoms with Crippen LogP contribution in [0, 0.1) is 5.82 Å². The van der Waals surface area contributed by atoms with Crippen LogP contribution in [0.5, 0.6) is 5.75 Å². The molecule has 0 aliphatic carbocycles. The van der Waals surface area contributed by atoms with E-state index in [9.17, 15) is 13.2 Å². The minimum atomic E-state index is -2.97. The lowest BCUT2D eigenvalue weighted by Crippen LogP contribution is -2.50. The summed E-state index contributed by atoms with van der Waals surface area (Å²) in [7, 11) is 0. The van der Waals surface area contributed by atoms with E-state index < -0.39 is 12.4 Å². The summed E-state index contributed by atoms with van der Waals surface area (Å²) < 4.78 is 47.9. The second kappa shape index (κ2) is 5.46. The van der Waals surface area contributed by atoms with Crippen LogP contribution in [0.4, 0.5) is 13.2 Å². The maximum atomic E-state index is 13.2. The number of nitrogens with one attached hydrogen (secondary N) is 1. The number of hydrogen-bond donors (Lipinski definition) is 1. The van der Waals surface area contributed by atoms with Gasteiger partial charge in [-0.1, -0.05) is 6.08 Å². The normalized spacial score (nSPS) is 25.5. The molecule has 2 aliphatic rings. The molecule has 1 aromatic rings. The molecular formula is C14H14F3NO2. The molecule has 3 nitrogen and oxygen atoms in total. The Labute approximate surface area is 114 Å². The first-order chi connectivity index (χ1) is 9.61. The van der Waals surface area contributed by atoms with Crippen molar-refractivity contribution in [3.8, 4) is 5.75 Å². The van der Waals surface area contributed by atoms with Crippen molar-refractivity contribution in [2.75, 3.05) is 13.2 Å². The Morgan fingerprint density at radius 3 is 2.90 bits per heavy atom. The summed E-state index contributed by atoms with van der Waals surface area (Å²) in [5.74, 6) is -0.713. The highest BCUT2D eigenvalue weighted by atomic mass is 19.3. The van der Waals surface area contributed by atoms with Crippen molar-refractivity contribution in [3.63, 3.8) is 0 Å². The number of rotatable bonds is 3. The summed E-state index contributed by atoms with van der Waals surface area (Å²) in [4.78, 5) is 0. The third-order valence-corrected chi connectivity index (χ3v) is 3.44. The molecule has 1 N–H and O–H groups in total. The highest BCUT2D eigenvalue weighted by Crippen LogP contribution is 2.34. The highest BCUT2D eigenvalue weighted by molar-refractivity contribution is 5.72. The molecular weight excluding hydrogens is 271 g/mol. The fourth-order valence-corrected chi connectivity index (χ4v) is 2.68. The van der Waals surface area contributed by atoms with Crippen LogP contribution in [0.25, 0.3) is 5.57 Å². The van der Waals surface area contributed by atoms with Gasteiger partial charge in [-0.15, -0.1) is 0 Å². The van der Waals surface area contributed by atoms with Gasteiger partial charge >= 0.3 is 6.61 Å². The molecule has 1 saturated heterocycles. The van der Waals surface area contributed by atoms with E-state index in [4.69, 9.17) is 4.74 Å². The maximum Gasteiger partial charge on any atom is 0.387 e. The summed E-state index contributed by atoms with van der Waals surface area (Å²) in [5, 5.41) is 3.36. The Hall–Kier alpha value is -1.53. The quantitative estimate of drug-likeness (QED) is 0.926. The van der Waals surface area contributed by atoms with E-state index in [1.807, 2.05) is 6.08 Å². The molecule has 3 rings (SSSR count). The van der Waals surface area contributed by atoms with Crippen LogP contribution < -0.4 is 10.1 Å². The van der Waals surface area contributed by atoms with Crippen molar-refractivity contribution in [2.45, 2.75) is 25.1 Å². The van der Waals surface area contributed by atoms with Crippen molar-refractivity contribution >= 4 is 5.57 Å². The van der Waals surface area contributed by atoms with E-state index in [1.165, 1.54) is 12.1 Å². The van der Waals surface area contributed by atoms with Crippen molar-refractivity contribution in [1.29, 1.82) is 0 Å². The van der Waals surface area contributed by atoms with Gasteiger partial charge in [-0.2, -0.15) is 8.78 Å². The van der Waals surface area contributed by atoms with E-state index >= 15 is 0 Å². The molecule has 2 heterocycles. The predicted molar refractivity (Wildman–Crippen MR) is 67.2 cm³/mol. The number of halogens is 3. The lowest BCUT2D eigenvalue weighted by atomic mass is 9.91. The van der Waals surface area contributed by atoms with Crippen LogP contribution in [0.2, 0.25) is 0 Å². The molecule has 108 valence electrons. The molecule has 1 fully saturated rings. The summed E-state index contributed by atoms with van der Waals surface area (Å²) in [5.41, 5.74) is 1.41. The van der Waals surface area contributed by atoms with Crippen molar-refractivity contribution in [3.05, 3.63) is 35.7 Å². The number of benzene rings is 1. The first-order valence-corrected chi connectivity index (χ1v) is 6.41. The monoisotopic (exact) mass is 285 g/mol. The second-order valence-electron chi connectivity index (χ2n) is 4.92. The van der Waals surface area contributed by atoms with Crippen molar-refractivity contribution in [1.82, 2.24) is 5.32 Å². The number of alkyl halides is 2. The Balaban J connectivity index is 1.94. The van der Waals surface area contributed by atoms with Gasteiger partial charge in [0.1, 0.15) is 11.6 Å². The van der Waals surface area contributed by atoms with E-state index in [2.05, 4.69) is 10.1 Å². The molecule has 0 spiro atoms. The smallest absolute Gasteiger partial charge is 0.387 e. The summed E-state index contributed by atoms with van der Waals surface area (Å²) in [6.07, 6.45) is 2.57. The van der Waals surface area contributed by atoms with E-state index in [0.717, 1.165) is 11.6 Å². The van der Waals surface area contributed by atoms with Crippen LogP contribution in [0.3, 0.4) is 0 Å². The van der Waals surface area contributed by atoms with Gasteiger partial charge in [-0.05, 0) is 24.1 Å². The van der Waals surface area contributed by atoms with Gasteiger partial charge in [0, 0.05) is 23.7 Å². The fraction of sp³-hybridized carbons (Fsp3) is 0.429. The molecule has 1 aromatic carbocycles. The summed E-state index contributed by atoms with van der Waals surface area (Å²) in [6.45, 7) is -1.84. The van der Waals surface area contributed by atoms with Gasteiger partial charge in [0.15, 0.2) is 0 Å². The molecule has 2 aliphatic heterocycles. The molecule has 0 amide bonds. The van der Waals surface area contributed by atoms with E-state index in [0.29, 0.717) is 25.2 Å². The minimum Gasteiger partial charge on any atom is -0.434 e. The van der Waals surface area contributed by atoms with E-state index in [1.54, 1.807) is 0 Å². The molecule has 0 radical (unpaired) electrons. The average Bonchev–Trinajstić information content (AvgIpc) is 2.37. The Kier molecular flexibility index (Phi) is 3.67. The molecule has 6 heteroatoms. The second-order valence-corrected chi connectivity index (χ2v) is 4.92. The third-order valence-electron chi connectivity index (χ3n) is 3.44. The van der Waals surface area contributed by atoms with Crippen molar-refractivity contribution in [2.24, 2.45) is 0 Å². The van der Waals surface area contributed by atoms with Crippen LogP contribution in [-0.2, 0) is 4.74 Å². The molecule has 20 heavy (non-hydrogen) atoms. The molecule has 0 saturated carbocycles. The molecule has 2 unspecified atom stereocenters. The third kappa shape index (κ3) is 2.81. The predicted octanol–water partition coefficient (Wildman–Crippen LogP) is 2.57. The molecule has 2 bridgehead atoms. The van der Waals surface area contributed by atoms with Gasteiger partial charge in [0.25, 0.3) is 0 Å². The lowest BCUT2D eigenvalue weighted by Gasteiger charge is -2.35. The Bertz CT molecular complexity index is 533. The maximum absolute atomic E-state index is 13.2. The van der Waals surface area contributed by atoms with Crippen LogP contribution in [-0.4, -0.2) is 31.9 Å². The van der Waals surface area contributed by atoms with Gasteiger partial charge in [-0.3, -0.25) is 0 Å². The SMILES string of the molecule is Fc1ccc(C2=CC3COCC(C2)N3)c(OC(F)F)c1. The van der Waals surface area contributed by atoms with E-state index in [-0.39, 0.29) is 17.8 Å². The number of ether oxygens (including phenoxy) is 2. The van der Waals surface area contributed by atoms with Gasteiger partial charge in [0.05, 0.1) is 13.2 Å². The zero-order valence-electron chi connectivity index (χ0n) is 10.6. The Morgan fingerprint density at radius 1 is 1.30 bits per heavy atom. The van der Waals surface area contributed by atoms with Gasteiger partial charge < -0.3 is 14.8 Å². The number of fused-ring (bicyclic) bond motifs is 2. The average molecular weight is 285 g/mol. The van der Waals surface area contributed by atoms with Crippen LogP contribution in [0.15, 0.2) is 24.3 Å². The van der Waals surface area contributed by atoms with Gasteiger partial charge in [0.2, 0.25) is 0 Å². The molecule has 2 atom stereocenters. The van der Waals surface area contributed by atoms with Crippen LogP contribution >= 0.6 is 0 Å². The first-order valence-electron chi connectivity index (χ1n) is 6.41. The number of morpholine rings is 1. The fourth-order valence-electron chi connectivity index (χ4n) is 2.68. The Morgan fingerprint density at radius 2 is 2.15 bits per heavy atom. The molecule has 0 aromatic heterocycles. The zero-order chi connectivity index (χ0) is 14.1. The first kappa shape index (κ1) is 13.5. The van der Waals surface area contributed by atoms with Crippen LogP contribution in [0.1, 0.15) is 12.0 Å². The lowest BCUT2D eigenvalue weighted by molar-refractivity contribution is -0.0502. The topological polar surface area (TPSA) is 30.5 Å². The van der Waals surface area contributed by atoms with Crippen molar-refractivity contribution < 1.29 is 22.6 Å². The zero-order valence-corrected chi connectivity index (χ0v) is 10.6. The standard InChI is InChI=1S/C14H14F3NO2/c15-9-1-2-12(13(5-9)20-14(16)17)8-3-10-6-19-7-11(4-8)18-10/h1-3,5,10-11,14,18H,4,6-7H2. The minimum absolute atomic E-state index is 0.0574. The largest absolute Gasteiger partial charge is 0.434 e. The highest BCUT2D eigenvalue weighted by Gasteiger charge is 2.28. The summed E-state index contributed by atoms with van der Waals surface area (Å²) >= 11 is 0. The number of hydrogen-bond acceptors (Lipinski definition) is 3. The summed E-state index contributed by atoms with van der Waals surface area (Å²) in [6, 6.07) is 3.94.